The minimum absolute atomic E-state index is 0.283. The van der Waals surface area contributed by atoms with Crippen molar-refractivity contribution in [3.05, 3.63) is 58.1 Å². The van der Waals surface area contributed by atoms with Gasteiger partial charge in [0.2, 0.25) is 11.9 Å². The Morgan fingerprint density at radius 1 is 1.12 bits per heavy atom. The van der Waals surface area contributed by atoms with Crippen LogP contribution in [0, 0.1) is 0 Å². The lowest BCUT2D eigenvalue weighted by Gasteiger charge is -2.04. The van der Waals surface area contributed by atoms with Crippen molar-refractivity contribution in [1.82, 2.24) is 10.2 Å². The van der Waals surface area contributed by atoms with Crippen LogP contribution in [0.25, 0.3) is 0 Å². The Morgan fingerprint density at radius 2 is 1.92 bits per heavy atom. The zero-order valence-corrected chi connectivity index (χ0v) is 16.3. The first-order valence-corrected chi connectivity index (χ1v) is 10.2. The van der Waals surface area contributed by atoms with Gasteiger partial charge in [0.25, 0.3) is 0 Å². The van der Waals surface area contributed by atoms with Gasteiger partial charge in [-0.1, -0.05) is 69.4 Å². The van der Waals surface area contributed by atoms with Crippen molar-refractivity contribution in [3.63, 3.8) is 0 Å². The minimum atomic E-state index is 0.283. The van der Waals surface area contributed by atoms with Gasteiger partial charge in [0.1, 0.15) is 0 Å². The Balaban J connectivity index is 1.35. The smallest absolute Gasteiger partial charge is 0.231 e. The molecule has 3 aromatic rings. The van der Waals surface area contributed by atoms with Crippen molar-refractivity contribution in [3.8, 4) is 11.5 Å². The third kappa shape index (κ3) is 4.08. The van der Waals surface area contributed by atoms with Gasteiger partial charge in [-0.15, -0.1) is 10.2 Å². The molecule has 1 aromatic heterocycles. The SMILES string of the molecule is Brc1cc2c(cc1CSc1nnc(NCc3ccccc3)s1)OCO2. The number of fused-ring (bicyclic) bond motifs is 1. The highest BCUT2D eigenvalue weighted by Crippen LogP contribution is 2.39. The van der Waals surface area contributed by atoms with Crippen LogP contribution in [-0.2, 0) is 12.3 Å². The number of anilines is 1. The molecule has 25 heavy (non-hydrogen) atoms. The maximum atomic E-state index is 5.44. The van der Waals surface area contributed by atoms with Crippen molar-refractivity contribution in [2.75, 3.05) is 12.1 Å². The molecule has 2 aromatic carbocycles. The molecule has 0 radical (unpaired) electrons. The lowest BCUT2D eigenvalue weighted by atomic mass is 10.2. The molecule has 0 unspecified atom stereocenters. The Kier molecular flexibility index (Phi) is 5.09. The number of aromatic nitrogens is 2. The van der Waals surface area contributed by atoms with Crippen molar-refractivity contribution >= 4 is 44.2 Å². The van der Waals surface area contributed by atoms with Crippen molar-refractivity contribution < 1.29 is 9.47 Å². The minimum Gasteiger partial charge on any atom is -0.454 e. The second-order valence-electron chi connectivity index (χ2n) is 5.30. The molecule has 0 spiro atoms. The van der Waals surface area contributed by atoms with Gasteiger partial charge in [-0.05, 0) is 23.3 Å². The summed E-state index contributed by atoms with van der Waals surface area (Å²) in [7, 11) is 0. The van der Waals surface area contributed by atoms with Crippen LogP contribution in [0.5, 0.6) is 11.5 Å². The first-order valence-electron chi connectivity index (χ1n) is 7.60. The highest BCUT2D eigenvalue weighted by Gasteiger charge is 2.16. The quantitative estimate of drug-likeness (QED) is 0.553. The van der Waals surface area contributed by atoms with Crippen molar-refractivity contribution in [1.29, 1.82) is 0 Å². The summed E-state index contributed by atoms with van der Waals surface area (Å²) in [5.74, 6) is 2.36. The van der Waals surface area contributed by atoms with Crippen LogP contribution in [0.1, 0.15) is 11.1 Å². The van der Waals surface area contributed by atoms with Gasteiger partial charge in [0, 0.05) is 16.8 Å². The lowest BCUT2D eigenvalue weighted by molar-refractivity contribution is 0.174. The fraction of sp³-hybridized carbons (Fsp3) is 0.176. The van der Waals surface area contributed by atoms with E-state index in [0.29, 0.717) is 0 Å². The van der Waals surface area contributed by atoms with Crippen LogP contribution < -0.4 is 14.8 Å². The summed E-state index contributed by atoms with van der Waals surface area (Å²) in [5, 5.41) is 12.6. The first kappa shape index (κ1) is 16.7. The molecule has 0 saturated carbocycles. The van der Waals surface area contributed by atoms with Crippen LogP contribution >= 0.6 is 39.0 Å². The highest BCUT2D eigenvalue weighted by atomic mass is 79.9. The summed E-state index contributed by atoms with van der Waals surface area (Å²) in [6.07, 6.45) is 0. The number of nitrogens with zero attached hydrogens (tertiary/aromatic N) is 2. The summed E-state index contributed by atoms with van der Waals surface area (Å²) >= 11 is 6.80. The van der Waals surface area contributed by atoms with Crippen LogP contribution in [0.4, 0.5) is 5.13 Å². The van der Waals surface area contributed by atoms with E-state index in [-0.39, 0.29) is 6.79 Å². The number of nitrogens with one attached hydrogen (secondary N) is 1. The maximum absolute atomic E-state index is 5.44. The molecule has 5 nitrogen and oxygen atoms in total. The van der Waals surface area contributed by atoms with Gasteiger partial charge in [-0.3, -0.25) is 0 Å². The number of benzene rings is 2. The Morgan fingerprint density at radius 3 is 2.76 bits per heavy atom. The van der Waals surface area contributed by atoms with Crippen molar-refractivity contribution in [2.24, 2.45) is 0 Å². The molecule has 128 valence electrons. The molecule has 0 atom stereocenters. The Labute approximate surface area is 161 Å². The van der Waals surface area contributed by atoms with E-state index in [1.165, 1.54) is 5.56 Å². The van der Waals surface area contributed by atoms with Gasteiger partial charge >= 0.3 is 0 Å². The monoisotopic (exact) mass is 435 g/mol. The molecule has 1 aliphatic rings. The van der Waals surface area contributed by atoms with Crippen molar-refractivity contribution in [2.45, 2.75) is 16.6 Å². The van der Waals surface area contributed by atoms with E-state index in [1.807, 2.05) is 30.3 Å². The van der Waals surface area contributed by atoms with Crippen LogP contribution in [0.2, 0.25) is 0 Å². The first-order chi connectivity index (χ1) is 12.3. The van der Waals surface area contributed by atoms with Gasteiger partial charge < -0.3 is 14.8 Å². The third-order valence-electron chi connectivity index (χ3n) is 3.59. The summed E-state index contributed by atoms with van der Waals surface area (Å²) in [4.78, 5) is 0. The zero-order chi connectivity index (χ0) is 17.1. The van der Waals surface area contributed by atoms with E-state index < -0.39 is 0 Å². The van der Waals surface area contributed by atoms with E-state index in [2.05, 4.69) is 43.6 Å². The molecular formula is C17H14BrN3O2S2. The van der Waals surface area contributed by atoms with Crippen LogP contribution in [-0.4, -0.2) is 17.0 Å². The molecule has 0 aliphatic carbocycles. The Bertz CT molecular complexity index is 874. The highest BCUT2D eigenvalue weighted by molar-refractivity contribution is 9.10. The van der Waals surface area contributed by atoms with Crippen LogP contribution in [0.3, 0.4) is 0 Å². The number of rotatable bonds is 6. The normalized spacial score (nSPS) is 12.4. The van der Waals surface area contributed by atoms with E-state index >= 15 is 0 Å². The molecule has 0 amide bonds. The predicted molar refractivity (Wildman–Crippen MR) is 104 cm³/mol. The van der Waals surface area contributed by atoms with Crippen LogP contribution in [0.15, 0.2) is 51.3 Å². The second kappa shape index (κ2) is 7.63. The van der Waals surface area contributed by atoms with Gasteiger partial charge in [-0.2, -0.15) is 0 Å². The van der Waals surface area contributed by atoms with Gasteiger partial charge in [0.15, 0.2) is 15.8 Å². The van der Waals surface area contributed by atoms with Gasteiger partial charge in [-0.25, -0.2) is 0 Å². The van der Waals surface area contributed by atoms with E-state index in [4.69, 9.17) is 9.47 Å². The standard InChI is InChI=1S/C17H14BrN3O2S2/c18-13-7-15-14(22-10-23-15)6-12(13)9-24-17-21-20-16(25-17)19-8-11-4-2-1-3-5-11/h1-7H,8-10H2,(H,19,20). The molecule has 0 bridgehead atoms. The average molecular weight is 436 g/mol. The average Bonchev–Trinajstić information content (AvgIpc) is 3.27. The molecule has 0 fully saturated rings. The molecule has 1 N–H and O–H groups in total. The molecular weight excluding hydrogens is 422 g/mol. The molecule has 0 saturated heterocycles. The fourth-order valence-corrected chi connectivity index (χ4v) is 4.71. The molecule has 1 aliphatic heterocycles. The molecule has 2 heterocycles. The maximum Gasteiger partial charge on any atom is 0.231 e. The Hall–Kier alpha value is -1.77. The second-order valence-corrected chi connectivity index (χ2v) is 8.35. The summed E-state index contributed by atoms with van der Waals surface area (Å²) in [5.41, 5.74) is 2.36. The summed E-state index contributed by atoms with van der Waals surface area (Å²) in [6, 6.07) is 14.2. The van der Waals surface area contributed by atoms with Gasteiger partial charge in [0.05, 0.1) is 0 Å². The van der Waals surface area contributed by atoms with E-state index in [9.17, 15) is 0 Å². The number of hydrogen-bond acceptors (Lipinski definition) is 7. The topological polar surface area (TPSA) is 56.3 Å². The number of thioether (sulfide) groups is 1. The number of hydrogen-bond donors (Lipinski definition) is 1. The van der Waals surface area contributed by atoms with E-state index in [1.54, 1.807) is 23.1 Å². The number of halogens is 1. The zero-order valence-electron chi connectivity index (χ0n) is 13.1. The largest absolute Gasteiger partial charge is 0.454 e. The van der Waals surface area contributed by atoms with E-state index in [0.717, 1.165) is 43.3 Å². The fourth-order valence-electron chi connectivity index (χ4n) is 2.32. The predicted octanol–water partition coefficient (Wildman–Crippen LogP) is 4.93. The lowest BCUT2D eigenvalue weighted by Crippen LogP contribution is -1.98. The number of ether oxygens (including phenoxy) is 2. The molecule has 8 heteroatoms. The third-order valence-corrected chi connectivity index (χ3v) is 6.39. The molecule has 4 rings (SSSR count). The summed E-state index contributed by atoms with van der Waals surface area (Å²) < 4.78 is 12.8. The summed E-state index contributed by atoms with van der Waals surface area (Å²) in [6.45, 7) is 1.03.